The minimum absolute atomic E-state index is 0.232. The van der Waals surface area contributed by atoms with E-state index in [0.717, 1.165) is 15.7 Å². The highest BCUT2D eigenvalue weighted by atomic mass is 79.9. The van der Waals surface area contributed by atoms with E-state index in [0.29, 0.717) is 13.2 Å². The fourth-order valence-corrected chi connectivity index (χ4v) is 2.66. The molecule has 0 saturated carbocycles. The van der Waals surface area contributed by atoms with Gasteiger partial charge in [0.15, 0.2) is 6.04 Å². The van der Waals surface area contributed by atoms with Gasteiger partial charge in [-0.25, -0.2) is 4.79 Å². The summed E-state index contributed by atoms with van der Waals surface area (Å²) in [6.07, 6.45) is 0. The Balaban J connectivity index is 2.32. The van der Waals surface area contributed by atoms with Crippen molar-refractivity contribution in [3.05, 3.63) is 28.2 Å². The number of aliphatic carboxylic acids is 1. The molecule has 1 aromatic rings. The lowest BCUT2D eigenvalue weighted by molar-refractivity contribution is -0.141. The number of carboxylic acid groups (broad SMARTS) is 1. The Morgan fingerprint density at radius 1 is 1.59 bits per heavy atom. The van der Waals surface area contributed by atoms with Gasteiger partial charge in [-0.3, -0.25) is 0 Å². The molecule has 1 heterocycles. The molecule has 0 aromatic heterocycles. The summed E-state index contributed by atoms with van der Waals surface area (Å²) in [5, 5.41) is 9.18. The number of anilines is 1. The predicted molar refractivity (Wildman–Crippen MR) is 68.5 cm³/mol. The van der Waals surface area contributed by atoms with Gasteiger partial charge in [-0.15, -0.1) is 0 Å². The first-order chi connectivity index (χ1) is 8.09. The van der Waals surface area contributed by atoms with Crippen molar-refractivity contribution >= 4 is 27.6 Å². The van der Waals surface area contributed by atoms with Crippen LogP contribution >= 0.6 is 15.9 Å². The lowest BCUT2D eigenvalue weighted by Gasteiger charge is -2.35. The Kier molecular flexibility index (Phi) is 3.69. The quantitative estimate of drug-likeness (QED) is 0.908. The van der Waals surface area contributed by atoms with Crippen LogP contribution in [0.3, 0.4) is 0 Å². The molecule has 1 N–H and O–H groups in total. The van der Waals surface area contributed by atoms with Crippen LogP contribution in [0.15, 0.2) is 22.7 Å². The van der Waals surface area contributed by atoms with E-state index < -0.39 is 12.0 Å². The van der Waals surface area contributed by atoms with Gasteiger partial charge in [0.2, 0.25) is 0 Å². The van der Waals surface area contributed by atoms with Crippen molar-refractivity contribution in [2.24, 2.45) is 0 Å². The molecule has 1 atom stereocenters. The summed E-state index contributed by atoms with van der Waals surface area (Å²) in [4.78, 5) is 13.0. The monoisotopic (exact) mass is 299 g/mol. The summed E-state index contributed by atoms with van der Waals surface area (Å²) in [5.41, 5.74) is 2.05. The minimum atomic E-state index is -0.850. The summed E-state index contributed by atoms with van der Waals surface area (Å²) in [7, 11) is 0. The van der Waals surface area contributed by atoms with Crippen LogP contribution in [0.1, 0.15) is 5.56 Å². The van der Waals surface area contributed by atoms with Gasteiger partial charge in [-0.1, -0.05) is 6.07 Å². The Labute approximate surface area is 108 Å². The van der Waals surface area contributed by atoms with Crippen molar-refractivity contribution in [3.63, 3.8) is 0 Å². The number of rotatable bonds is 2. The molecule has 2 rings (SSSR count). The lowest BCUT2D eigenvalue weighted by Crippen LogP contribution is -2.50. The van der Waals surface area contributed by atoms with E-state index in [2.05, 4.69) is 15.9 Å². The molecule has 0 spiro atoms. The number of nitrogens with zero attached hydrogens (tertiary/aromatic N) is 1. The molecule has 1 fully saturated rings. The Bertz CT molecular complexity index is 436. The first-order valence-electron chi connectivity index (χ1n) is 5.43. The van der Waals surface area contributed by atoms with E-state index in [4.69, 9.17) is 4.74 Å². The van der Waals surface area contributed by atoms with E-state index in [1.807, 2.05) is 30.0 Å². The normalized spacial score (nSPS) is 20.4. The van der Waals surface area contributed by atoms with Gasteiger partial charge < -0.3 is 14.7 Å². The molecule has 0 amide bonds. The molecule has 0 radical (unpaired) electrons. The van der Waals surface area contributed by atoms with E-state index in [-0.39, 0.29) is 6.61 Å². The number of ether oxygens (including phenoxy) is 1. The van der Waals surface area contributed by atoms with Gasteiger partial charge in [0.05, 0.1) is 18.9 Å². The van der Waals surface area contributed by atoms with Crippen molar-refractivity contribution in [3.8, 4) is 0 Å². The second kappa shape index (κ2) is 5.06. The van der Waals surface area contributed by atoms with Crippen LogP contribution in [0, 0.1) is 6.92 Å². The highest BCUT2D eigenvalue weighted by Crippen LogP contribution is 2.29. The Morgan fingerprint density at radius 3 is 3.00 bits per heavy atom. The lowest BCUT2D eigenvalue weighted by atomic mass is 10.1. The van der Waals surface area contributed by atoms with E-state index in [9.17, 15) is 9.90 Å². The molecule has 1 aliphatic rings. The standard InChI is InChI=1S/C12H14BrNO3/c1-8-2-3-10(9(13)6-8)14-4-5-17-7-11(14)12(15)16/h2-3,6,11H,4-5,7H2,1H3,(H,15,16). The van der Waals surface area contributed by atoms with Gasteiger partial charge in [-0.2, -0.15) is 0 Å². The highest BCUT2D eigenvalue weighted by Gasteiger charge is 2.30. The smallest absolute Gasteiger partial charge is 0.328 e. The van der Waals surface area contributed by atoms with Crippen LogP contribution in [0.2, 0.25) is 0 Å². The van der Waals surface area contributed by atoms with E-state index in [1.54, 1.807) is 0 Å². The second-order valence-electron chi connectivity index (χ2n) is 4.08. The maximum atomic E-state index is 11.2. The molecule has 0 aliphatic carbocycles. The zero-order valence-electron chi connectivity index (χ0n) is 9.52. The van der Waals surface area contributed by atoms with Crippen molar-refractivity contribution in [1.82, 2.24) is 0 Å². The van der Waals surface area contributed by atoms with Gasteiger partial charge in [0.1, 0.15) is 0 Å². The largest absolute Gasteiger partial charge is 0.480 e. The third-order valence-corrected chi connectivity index (χ3v) is 3.46. The number of carboxylic acids is 1. The number of hydrogen-bond acceptors (Lipinski definition) is 3. The van der Waals surface area contributed by atoms with Crippen molar-refractivity contribution in [1.29, 1.82) is 0 Å². The molecule has 1 saturated heterocycles. The third kappa shape index (κ3) is 2.61. The Morgan fingerprint density at radius 2 is 2.35 bits per heavy atom. The first kappa shape index (κ1) is 12.4. The molecule has 0 bridgehead atoms. The molecule has 1 unspecified atom stereocenters. The fourth-order valence-electron chi connectivity index (χ4n) is 1.94. The third-order valence-electron chi connectivity index (χ3n) is 2.83. The predicted octanol–water partition coefficient (Wildman–Crippen LogP) is 2.05. The maximum Gasteiger partial charge on any atom is 0.328 e. The maximum absolute atomic E-state index is 11.2. The van der Waals surface area contributed by atoms with Gasteiger partial charge >= 0.3 is 5.97 Å². The van der Waals surface area contributed by atoms with Crippen LogP contribution in [-0.4, -0.2) is 36.9 Å². The molecule has 4 nitrogen and oxygen atoms in total. The topological polar surface area (TPSA) is 49.8 Å². The molecular formula is C12H14BrNO3. The van der Waals surface area contributed by atoms with Crippen molar-refractivity contribution < 1.29 is 14.6 Å². The van der Waals surface area contributed by atoms with Gasteiger partial charge in [-0.05, 0) is 40.5 Å². The molecule has 17 heavy (non-hydrogen) atoms. The summed E-state index contributed by atoms with van der Waals surface area (Å²) >= 11 is 3.48. The molecule has 5 heteroatoms. The van der Waals surface area contributed by atoms with Crippen molar-refractivity contribution in [2.75, 3.05) is 24.7 Å². The van der Waals surface area contributed by atoms with Crippen LogP contribution in [0.4, 0.5) is 5.69 Å². The zero-order valence-corrected chi connectivity index (χ0v) is 11.1. The van der Waals surface area contributed by atoms with Gasteiger partial charge in [0, 0.05) is 11.0 Å². The number of benzene rings is 1. The average Bonchev–Trinajstić information content (AvgIpc) is 2.29. The SMILES string of the molecule is Cc1ccc(N2CCOCC2C(=O)O)c(Br)c1. The Hall–Kier alpha value is -1.07. The summed E-state index contributed by atoms with van der Waals surface area (Å²) < 4.78 is 6.14. The number of aryl methyl sites for hydroxylation is 1. The highest BCUT2D eigenvalue weighted by molar-refractivity contribution is 9.10. The average molecular weight is 300 g/mol. The summed E-state index contributed by atoms with van der Waals surface area (Å²) in [6, 6.07) is 5.31. The van der Waals surface area contributed by atoms with Crippen molar-refractivity contribution in [2.45, 2.75) is 13.0 Å². The number of carbonyl (C=O) groups is 1. The number of hydrogen-bond donors (Lipinski definition) is 1. The first-order valence-corrected chi connectivity index (χ1v) is 6.22. The van der Waals surface area contributed by atoms with E-state index in [1.165, 1.54) is 0 Å². The molecule has 1 aliphatic heterocycles. The molecular weight excluding hydrogens is 286 g/mol. The van der Waals surface area contributed by atoms with Crippen LogP contribution < -0.4 is 4.90 Å². The summed E-state index contributed by atoms with van der Waals surface area (Å²) in [6.45, 7) is 3.39. The zero-order chi connectivity index (χ0) is 12.4. The second-order valence-corrected chi connectivity index (χ2v) is 4.93. The van der Waals surface area contributed by atoms with Crippen LogP contribution in [0.25, 0.3) is 0 Å². The van der Waals surface area contributed by atoms with E-state index >= 15 is 0 Å². The van der Waals surface area contributed by atoms with Crippen LogP contribution in [0.5, 0.6) is 0 Å². The summed E-state index contributed by atoms with van der Waals surface area (Å²) in [5.74, 6) is -0.850. The minimum Gasteiger partial charge on any atom is -0.480 e. The molecule has 92 valence electrons. The molecule has 1 aromatic carbocycles. The number of halogens is 1. The fraction of sp³-hybridized carbons (Fsp3) is 0.417. The van der Waals surface area contributed by atoms with Gasteiger partial charge in [0.25, 0.3) is 0 Å². The van der Waals surface area contributed by atoms with Crippen LogP contribution in [-0.2, 0) is 9.53 Å². The number of morpholine rings is 1.